The number of imidazole rings is 1. The van der Waals surface area contributed by atoms with Gasteiger partial charge in [-0.3, -0.25) is 4.57 Å². The number of aromatic nitrogens is 4. The first-order chi connectivity index (χ1) is 15.1. The number of rotatable bonds is 6. The summed E-state index contributed by atoms with van der Waals surface area (Å²) in [5.74, 6) is 2.75. The number of hydrogen-bond donors (Lipinski definition) is 3. The highest BCUT2D eigenvalue weighted by Gasteiger charge is 2.29. The second-order valence-electron chi connectivity index (χ2n) is 9.06. The maximum Gasteiger partial charge on any atom is 0.224 e. The van der Waals surface area contributed by atoms with E-state index in [9.17, 15) is 0 Å². The minimum atomic E-state index is 0.333. The van der Waals surface area contributed by atoms with E-state index in [0.717, 1.165) is 55.0 Å². The quantitative estimate of drug-likeness (QED) is 0.493. The highest BCUT2D eigenvalue weighted by Crippen LogP contribution is 2.37. The Kier molecular flexibility index (Phi) is 5.71. The third kappa shape index (κ3) is 4.21. The van der Waals surface area contributed by atoms with Crippen LogP contribution >= 0.6 is 11.6 Å². The number of halogens is 1. The number of anilines is 3. The number of nitrogens with two attached hydrogens (primary N) is 1. The second kappa shape index (κ2) is 8.63. The number of benzene rings is 1. The van der Waals surface area contributed by atoms with Crippen LogP contribution in [0.3, 0.4) is 0 Å². The molecule has 2 aliphatic rings. The Morgan fingerprint density at radius 2 is 1.97 bits per heavy atom. The zero-order valence-electron chi connectivity index (χ0n) is 17.9. The molecule has 2 fully saturated rings. The monoisotopic (exact) mass is 439 g/mol. The van der Waals surface area contributed by atoms with Crippen molar-refractivity contribution in [3.63, 3.8) is 0 Å². The topological polar surface area (TPSA) is 93.7 Å². The van der Waals surface area contributed by atoms with E-state index in [0.29, 0.717) is 34.9 Å². The van der Waals surface area contributed by atoms with Crippen LogP contribution in [-0.4, -0.2) is 32.1 Å². The molecule has 5 rings (SSSR count). The lowest BCUT2D eigenvalue weighted by atomic mass is 9.81. The molecule has 0 aliphatic heterocycles. The van der Waals surface area contributed by atoms with Crippen molar-refractivity contribution in [3.8, 4) is 0 Å². The number of nitrogens with zero attached hydrogens (tertiary/aromatic N) is 4. The standard InChI is InChI=1S/C23H30ClN7/c1-14-5-10-19(14)28-22-26-13-20-21(30-22)31(18-8-6-15(12-25)7-9-18)23(29-20)27-17-4-2-3-16(24)11-17/h2-4,11,13-15,18-19H,5-10,12,25H2,1H3,(H,27,29)(H,26,28,30). The molecule has 0 amide bonds. The molecule has 2 atom stereocenters. The van der Waals surface area contributed by atoms with Crippen molar-refractivity contribution in [1.82, 2.24) is 19.5 Å². The summed E-state index contributed by atoms with van der Waals surface area (Å²) >= 11 is 6.20. The van der Waals surface area contributed by atoms with Crippen molar-refractivity contribution in [1.29, 1.82) is 0 Å². The maximum atomic E-state index is 6.20. The molecule has 4 N–H and O–H groups in total. The van der Waals surface area contributed by atoms with E-state index in [1.807, 2.05) is 30.5 Å². The van der Waals surface area contributed by atoms with E-state index in [4.69, 9.17) is 27.3 Å². The lowest BCUT2D eigenvalue weighted by molar-refractivity contribution is 0.284. The highest BCUT2D eigenvalue weighted by molar-refractivity contribution is 6.30. The largest absolute Gasteiger partial charge is 0.351 e. The smallest absolute Gasteiger partial charge is 0.224 e. The molecule has 2 aromatic heterocycles. The van der Waals surface area contributed by atoms with E-state index >= 15 is 0 Å². The summed E-state index contributed by atoms with van der Waals surface area (Å²) in [7, 11) is 0. The van der Waals surface area contributed by atoms with Crippen molar-refractivity contribution in [3.05, 3.63) is 35.5 Å². The third-order valence-electron chi connectivity index (χ3n) is 6.96. The Hall–Kier alpha value is -2.38. The third-order valence-corrected chi connectivity index (χ3v) is 7.20. The minimum absolute atomic E-state index is 0.333. The van der Waals surface area contributed by atoms with Gasteiger partial charge in [0.25, 0.3) is 0 Å². The Balaban J connectivity index is 1.51. The minimum Gasteiger partial charge on any atom is -0.351 e. The van der Waals surface area contributed by atoms with Crippen LogP contribution in [0.2, 0.25) is 5.02 Å². The molecule has 8 heteroatoms. The first kappa shape index (κ1) is 20.5. The molecule has 2 saturated carbocycles. The first-order valence-corrected chi connectivity index (χ1v) is 11.7. The van der Waals surface area contributed by atoms with E-state index in [-0.39, 0.29) is 0 Å². The van der Waals surface area contributed by atoms with Crippen LogP contribution < -0.4 is 16.4 Å². The van der Waals surface area contributed by atoms with E-state index in [1.54, 1.807) is 0 Å². The Morgan fingerprint density at radius 3 is 2.65 bits per heavy atom. The number of nitrogens with one attached hydrogen (secondary N) is 2. The number of fused-ring (bicyclic) bond motifs is 1. The molecule has 2 heterocycles. The molecular weight excluding hydrogens is 410 g/mol. The van der Waals surface area contributed by atoms with Gasteiger partial charge in [0.05, 0.1) is 6.20 Å². The SMILES string of the molecule is CC1CCC1Nc1ncc2nc(Nc3cccc(Cl)c3)n(C3CCC(CN)CC3)c2n1. The number of hydrogen-bond acceptors (Lipinski definition) is 6. The lowest BCUT2D eigenvalue weighted by Gasteiger charge is -2.34. The van der Waals surface area contributed by atoms with Crippen molar-refractivity contribution in [2.45, 2.75) is 57.5 Å². The van der Waals surface area contributed by atoms with E-state index < -0.39 is 0 Å². The van der Waals surface area contributed by atoms with Gasteiger partial charge < -0.3 is 16.4 Å². The van der Waals surface area contributed by atoms with Gasteiger partial charge in [0.2, 0.25) is 11.9 Å². The Labute approximate surface area is 187 Å². The van der Waals surface area contributed by atoms with Crippen LogP contribution in [0.4, 0.5) is 17.6 Å². The average molecular weight is 440 g/mol. The fourth-order valence-corrected chi connectivity index (χ4v) is 4.97. The molecule has 3 aromatic rings. The van der Waals surface area contributed by atoms with E-state index in [2.05, 4.69) is 27.1 Å². The molecule has 7 nitrogen and oxygen atoms in total. The van der Waals surface area contributed by atoms with Crippen molar-refractivity contribution in [2.75, 3.05) is 17.2 Å². The molecule has 0 radical (unpaired) electrons. The fourth-order valence-electron chi connectivity index (χ4n) is 4.78. The molecular formula is C23H30ClN7. The lowest BCUT2D eigenvalue weighted by Crippen LogP contribution is -2.36. The van der Waals surface area contributed by atoms with Gasteiger partial charge in [0, 0.05) is 22.8 Å². The van der Waals surface area contributed by atoms with Gasteiger partial charge in [-0.2, -0.15) is 4.98 Å². The summed E-state index contributed by atoms with van der Waals surface area (Å²) in [6.07, 6.45) is 8.68. The molecule has 2 unspecified atom stereocenters. The van der Waals surface area contributed by atoms with Gasteiger partial charge in [-0.15, -0.1) is 0 Å². The summed E-state index contributed by atoms with van der Waals surface area (Å²) < 4.78 is 2.26. The summed E-state index contributed by atoms with van der Waals surface area (Å²) in [5.41, 5.74) is 8.52. The fraction of sp³-hybridized carbons (Fsp3) is 0.522. The van der Waals surface area contributed by atoms with Crippen LogP contribution in [0.1, 0.15) is 51.5 Å². The van der Waals surface area contributed by atoms with Gasteiger partial charge in [0.15, 0.2) is 5.65 Å². The maximum absolute atomic E-state index is 6.20. The Bertz CT molecular complexity index is 1060. The molecule has 0 saturated heterocycles. The van der Waals surface area contributed by atoms with Crippen LogP contribution in [-0.2, 0) is 0 Å². The average Bonchev–Trinajstić information content (AvgIpc) is 3.13. The molecule has 31 heavy (non-hydrogen) atoms. The molecule has 0 spiro atoms. The Morgan fingerprint density at radius 1 is 1.13 bits per heavy atom. The van der Waals surface area contributed by atoms with Crippen LogP contribution in [0.15, 0.2) is 30.5 Å². The predicted octanol–water partition coefficient (Wildman–Crippen LogP) is 5.12. The first-order valence-electron chi connectivity index (χ1n) is 11.3. The van der Waals surface area contributed by atoms with Crippen molar-refractivity contribution >= 4 is 40.3 Å². The molecule has 1 aromatic carbocycles. The normalized spacial score (nSPS) is 25.9. The van der Waals surface area contributed by atoms with Crippen molar-refractivity contribution < 1.29 is 0 Å². The highest BCUT2D eigenvalue weighted by atomic mass is 35.5. The second-order valence-corrected chi connectivity index (χ2v) is 9.50. The van der Waals surface area contributed by atoms with Gasteiger partial charge in [-0.05, 0) is 75.1 Å². The zero-order chi connectivity index (χ0) is 21.4. The van der Waals surface area contributed by atoms with Gasteiger partial charge in [-0.1, -0.05) is 24.6 Å². The van der Waals surface area contributed by atoms with E-state index in [1.165, 1.54) is 12.8 Å². The van der Waals surface area contributed by atoms with Gasteiger partial charge in [-0.25, -0.2) is 9.97 Å². The molecule has 0 bridgehead atoms. The zero-order valence-corrected chi connectivity index (χ0v) is 18.6. The summed E-state index contributed by atoms with van der Waals surface area (Å²) in [4.78, 5) is 14.3. The summed E-state index contributed by atoms with van der Waals surface area (Å²) in [5, 5.41) is 7.68. The van der Waals surface area contributed by atoms with Gasteiger partial charge in [0.1, 0.15) is 5.52 Å². The van der Waals surface area contributed by atoms with Crippen LogP contribution in [0.25, 0.3) is 11.2 Å². The van der Waals surface area contributed by atoms with Crippen LogP contribution in [0.5, 0.6) is 0 Å². The molecule has 164 valence electrons. The predicted molar refractivity (Wildman–Crippen MR) is 126 cm³/mol. The van der Waals surface area contributed by atoms with Gasteiger partial charge >= 0.3 is 0 Å². The van der Waals surface area contributed by atoms with Crippen LogP contribution in [0, 0.1) is 11.8 Å². The summed E-state index contributed by atoms with van der Waals surface area (Å²) in [6.45, 7) is 3.04. The van der Waals surface area contributed by atoms with Crippen molar-refractivity contribution in [2.24, 2.45) is 17.6 Å². The summed E-state index contributed by atoms with van der Waals surface area (Å²) in [6, 6.07) is 8.50. The molecule has 2 aliphatic carbocycles.